The highest BCUT2D eigenvalue weighted by Gasteiger charge is 2.08. The largest absolute Gasteiger partial charge is 0.395 e. The van der Waals surface area contributed by atoms with Gasteiger partial charge >= 0.3 is 0 Å². The second kappa shape index (κ2) is 5.18. The van der Waals surface area contributed by atoms with E-state index in [0.717, 1.165) is 5.56 Å². The van der Waals surface area contributed by atoms with Crippen molar-refractivity contribution in [2.24, 2.45) is 0 Å². The molecule has 3 heterocycles. The predicted octanol–water partition coefficient (Wildman–Crippen LogP) is 0.846. The monoisotopic (exact) mass is 268 g/mol. The third-order valence-corrected chi connectivity index (χ3v) is 2.99. The summed E-state index contributed by atoms with van der Waals surface area (Å²) >= 11 is 0. The van der Waals surface area contributed by atoms with E-state index in [2.05, 4.69) is 15.0 Å². The van der Waals surface area contributed by atoms with Gasteiger partial charge in [0.25, 0.3) is 0 Å². The Kier molecular flexibility index (Phi) is 3.22. The Bertz CT molecular complexity index is 799. The van der Waals surface area contributed by atoms with E-state index in [4.69, 9.17) is 5.11 Å². The van der Waals surface area contributed by atoms with Crippen LogP contribution in [0.1, 0.15) is 0 Å². The second-order valence-corrected chi connectivity index (χ2v) is 4.26. The Morgan fingerprint density at radius 2 is 2.00 bits per heavy atom. The van der Waals surface area contributed by atoms with E-state index in [1.54, 1.807) is 35.3 Å². The highest BCUT2D eigenvalue weighted by atomic mass is 16.3. The molecule has 0 radical (unpaired) electrons. The number of aliphatic hydroxyl groups excluding tert-OH is 1. The van der Waals surface area contributed by atoms with Gasteiger partial charge in [-0.25, -0.2) is 9.97 Å². The van der Waals surface area contributed by atoms with Gasteiger partial charge in [-0.05, 0) is 12.1 Å². The lowest BCUT2D eigenvalue weighted by Crippen LogP contribution is -2.12. The van der Waals surface area contributed by atoms with Crippen LogP contribution in [0, 0.1) is 0 Å². The Morgan fingerprint density at radius 3 is 2.75 bits per heavy atom. The number of aliphatic hydroxyl groups is 1. The van der Waals surface area contributed by atoms with Crippen molar-refractivity contribution in [3.63, 3.8) is 0 Å². The summed E-state index contributed by atoms with van der Waals surface area (Å²) in [5.41, 5.74) is 1.22. The zero-order chi connectivity index (χ0) is 13.9. The Labute approximate surface area is 114 Å². The fraction of sp³-hybridized carbons (Fsp3) is 0.143. The number of hydrogen-bond acceptors (Lipinski definition) is 5. The van der Waals surface area contributed by atoms with E-state index in [-0.39, 0.29) is 12.0 Å². The number of aromatic nitrogens is 4. The number of pyridine rings is 2. The molecule has 1 N–H and O–H groups in total. The van der Waals surface area contributed by atoms with Crippen molar-refractivity contribution in [1.29, 1.82) is 0 Å². The first kappa shape index (κ1) is 12.4. The molecule has 20 heavy (non-hydrogen) atoms. The lowest BCUT2D eigenvalue weighted by Gasteiger charge is -2.09. The molecule has 6 nitrogen and oxygen atoms in total. The van der Waals surface area contributed by atoms with Crippen LogP contribution in [-0.4, -0.2) is 31.2 Å². The topological polar surface area (TPSA) is 80.9 Å². The summed E-state index contributed by atoms with van der Waals surface area (Å²) < 4.78 is 1.74. The van der Waals surface area contributed by atoms with Crippen molar-refractivity contribution in [2.75, 3.05) is 6.61 Å². The summed E-state index contributed by atoms with van der Waals surface area (Å²) in [6, 6.07) is 5.06. The first-order chi connectivity index (χ1) is 9.79. The summed E-state index contributed by atoms with van der Waals surface area (Å²) in [4.78, 5) is 24.4. The van der Waals surface area contributed by atoms with Crippen molar-refractivity contribution in [3.05, 3.63) is 53.2 Å². The van der Waals surface area contributed by atoms with Crippen LogP contribution in [0.25, 0.3) is 22.4 Å². The SMILES string of the molecule is O=c1ccn(CCO)c2nc(-c3ccncc3)ncc12. The molecule has 0 aliphatic heterocycles. The van der Waals surface area contributed by atoms with Crippen LogP contribution in [0.3, 0.4) is 0 Å². The first-order valence-corrected chi connectivity index (χ1v) is 6.17. The van der Waals surface area contributed by atoms with Crippen LogP contribution in [0.15, 0.2) is 47.8 Å². The molecular weight excluding hydrogens is 256 g/mol. The molecule has 0 unspecified atom stereocenters. The van der Waals surface area contributed by atoms with E-state index >= 15 is 0 Å². The van der Waals surface area contributed by atoms with Gasteiger partial charge in [-0.3, -0.25) is 9.78 Å². The maximum atomic E-state index is 11.8. The molecule has 0 bridgehead atoms. The Morgan fingerprint density at radius 1 is 1.20 bits per heavy atom. The molecule has 3 rings (SSSR count). The molecule has 0 fully saturated rings. The minimum atomic E-state index is -0.129. The molecule has 0 aromatic carbocycles. The number of fused-ring (bicyclic) bond motifs is 1. The van der Waals surface area contributed by atoms with Gasteiger partial charge in [-0.1, -0.05) is 0 Å². The van der Waals surface area contributed by atoms with Crippen molar-refractivity contribution in [3.8, 4) is 11.4 Å². The van der Waals surface area contributed by atoms with Crippen LogP contribution >= 0.6 is 0 Å². The lowest BCUT2D eigenvalue weighted by atomic mass is 10.2. The highest BCUT2D eigenvalue weighted by Crippen LogP contribution is 2.15. The molecule has 0 atom stereocenters. The molecule has 0 amide bonds. The molecule has 6 heteroatoms. The average molecular weight is 268 g/mol. The van der Waals surface area contributed by atoms with Crippen molar-refractivity contribution in [2.45, 2.75) is 6.54 Å². The van der Waals surface area contributed by atoms with E-state index in [9.17, 15) is 4.79 Å². The molecular formula is C14H12N4O2. The summed E-state index contributed by atoms with van der Waals surface area (Å²) in [5.74, 6) is 0.525. The van der Waals surface area contributed by atoms with Crippen molar-refractivity contribution in [1.82, 2.24) is 19.5 Å². The number of nitrogens with zero attached hydrogens (tertiary/aromatic N) is 4. The zero-order valence-corrected chi connectivity index (χ0v) is 10.6. The van der Waals surface area contributed by atoms with Gasteiger partial charge in [-0.2, -0.15) is 0 Å². The normalized spacial score (nSPS) is 10.8. The van der Waals surface area contributed by atoms with Gasteiger partial charge in [0.2, 0.25) is 0 Å². The highest BCUT2D eigenvalue weighted by molar-refractivity contribution is 5.76. The molecule has 0 saturated heterocycles. The molecule has 0 aliphatic rings. The molecule has 3 aromatic heterocycles. The van der Waals surface area contributed by atoms with Crippen LogP contribution in [0.2, 0.25) is 0 Å². The maximum Gasteiger partial charge on any atom is 0.192 e. The lowest BCUT2D eigenvalue weighted by molar-refractivity contribution is 0.277. The van der Waals surface area contributed by atoms with Gasteiger partial charge < -0.3 is 9.67 Å². The smallest absolute Gasteiger partial charge is 0.192 e. The molecule has 0 aliphatic carbocycles. The summed E-state index contributed by atoms with van der Waals surface area (Å²) in [5, 5.41) is 9.53. The van der Waals surface area contributed by atoms with Crippen LogP contribution in [-0.2, 0) is 6.54 Å². The fourth-order valence-corrected chi connectivity index (χ4v) is 2.01. The van der Waals surface area contributed by atoms with Crippen LogP contribution < -0.4 is 5.43 Å². The molecule has 0 saturated carbocycles. The zero-order valence-electron chi connectivity index (χ0n) is 10.6. The van der Waals surface area contributed by atoms with E-state index in [1.165, 1.54) is 12.3 Å². The van der Waals surface area contributed by atoms with Gasteiger partial charge in [0, 0.05) is 43.0 Å². The Balaban J connectivity index is 2.24. The number of hydrogen-bond donors (Lipinski definition) is 1. The third kappa shape index (κ3) is 2.17. The third-order valence-electron chi connectivity index (χ3n) is 2.99. The molecule has 100 valence electrons. The summed E-state index contributed by atoms with van der Waals surface area (Å²) in [6.45, 7) is 0.357. The van der Waals surface area contributed by atoms with Gasteiger partial charge in [0.15, 0.2) is 11.3 Å². The standard InChI is InChI=1S/C14H12N4O2/c19-8-7-18-6-3-12(20)11-9-16-13(17-14(11)18)10-1-4-15-5-2-10/h1-6,9,19H,7-8H2. The minimum absolute atomic E-state index is 0.0213. The molecule has 3 aromatic rings. The fourth-order valence-electron chi connectivity index (χ4n) is 2.01. The van der Waals surface area contributed by atoms with Gasteiger partial charge in [0.1, 0.15) is 5.65 Å². The van der Waals surface area contributed by atoms with E-state index in [0.29, 0.717) is 23.4 Å². The molecule has 0 spiro atoms. The van der Waals surface area contributed by atoms with E-state index < -0.39 is 0 Å². The Hall–Kier alpha value is -2.60. The number of rotatable bonds is 3. The maximum absolute atomic E-state index is 11.8. The van der Waals surface area contributed by atoms with Crippen molar-refractivity contribution >= 4 is 11.0 Å². The minimum Gasteiger partial charge on any atom is -0.395 e. The first-order valence-electron chi connectivity index (χ1n) is 6.17. The van der Waals surface area contributed by atoms with E-state index in [1.807, 2.05) is 0 Å². The van der Waals surface area contributed by atoms with Crippen LogP contribution in [0.4, 0.5) is 0 Å². The van der Waals surface area contributed by atoms with Crippen LogP contribution in [0.5, 0.6) is 0 Å². The summed E-state index contributed by atoms with van der Waals surface area (Å²) in [7, 11) is 0. The van der Waals surface area contributed by atoms with Crippen molar-refractivity contribution < 1.29 is 5.11 Å². The quantitative estimate of drug-likeness (QED) is 0.761. The van der Waals surface area contributed by atoms with Gasteiger partial charge in [0.05, 0.1) is 12.0 Å². The summed E-state index contributed by atoms with van der Waals surface area (Å²) in [6.07, 6.45) is 6.47. The average Bonchev–Trinajstić information content (AvgIpc) is 2.51. The second-order valence-electron chi connectivity index (χ2n) is 4.26. The predicted molar refractivity (Wildman–Crippen MR) is 74.1 cm³/mol. The van der Waals surface area contributed by atoms with Gasteiger partial charge in [-0.15, -0.1) is 0 Å².